The summed E-state index contributed by atoms with van der Waals surface area (Å²) < 4.78 is 24.9. The molecule has 2 N–H and O–H groups in total. The van der Waals surface area contributed by atoms with Gasteiger partial charge >= 0.3 is 0 Å². The van der Waals surface area contributed by atoms with Crippen LogP contribution in [-0.4, -0.2) is 26.6 Å². The van der Waals surface area contributed by atoms with Crippen LogP contribution in [0.4, 0.5) is 5.69 Å². The molecule has 6 nitrogen and oxygen atoms in total. The Morgan fingerprint density at radius 3 is 2.79 bits per heavy atom. The van der Waals surface area contributed by atoms with Crippen molar-refractivity contribution in [2.75, 3.05) is 17.6 Å². The smallest absolute Gasteiger partial charge is 0.239 e. The van der Waals surface area contributed by atoms with E-state index in [4.69, 9.17) is 5.26 Å². The largest absolute Gasteiger partial charge is 0.325 e. The number of amides is 1. The maximum absolute atomic E-state index is 11.5. The van der Waals surface area contributed by atoms with Gasteiger partial charge in [-0.15, -0.1) is 0 Å². The molecule has 0 spiro atoms. The van der Waals surface area contributed by atoms with Crippen molar-refractivity contribution in [3.05, 3.63) is 29.8 Å². The summed E-state index contributed by atoms with van der Waals surface area (Å²) in [6.07, 6.45) is 0.487. The molecule has 0 heterocycles. The highest BCUT2D eigenvalue weighted by Gasteiger charge is 2.11. The van der Waals surface area contributed by atoms with Crippen LogP contribution in [0.5, 0.6) is 0 Å². The molecule has 1 amide bonds. The Labute approximate surface area is 112 Å². The van der Waals surface area contributed by atoms with Gasteiger partial charge in [0.2, 0.25) is 15.9 Å². The van der Waals surface area contributed by atoms with Crippen molar-refractivity contribution >= 4 is 21.6 Å². The minimum Gasteiger partial charge on any atom is -0.325 e. The zero-order valence-corrected chi connectivity index (χ0v) is 11.3. The quantitative estimate of drug-likeness (QED) is 0.806. The standard InChI is InChI=1S/C12H15N3O3S/c1-2-6-19(17,18)14-9-12(16)15-11-5-3-4-10(7-11)8-13/h3-5,7,14H,2,6,9H2,1H3,(H,15,16). The number of nitriles is 1. The molecule has 0 aliphatic carbocycles. The van der Waals surface area contributed by atoms with Gasteiger partial charge in [0.15, 0.2) is 0 Å². The molecule has 19 heavy (non-hydrogen) atoms. The maximum atomic E-state index is 11.5. The molecular weight excluding hydrogens is 266 g/mol. The molecule has 0 aromatic heterocycles. The van der Waals surface area contributed by atoms with Crippen LogP contribution < -0.4 is 10.0 Å². The first-order valence-electron chi connectivity index (χ1n) is 5.74. The molecule has 1 rings (SSSR count). The molecule has 1 aromatic carbocycles. The predicted molar refractivity (Wildman–Crippen MR) is 71.9 cm³/mol. The van der Waals surface area contributed by atoms with Crippen molar-refractivity contribution in [3.8, 4) is 6.07 Å². The van der Waals surface area contributed by atoms with E-state index in [0.717, 1.165) is 0 Å². The van der Waals surface area contributed by atoms with E-state index in [1.54, 1.807) is 25.1 Å². The summed E-state index contributed by atoms with van der Waals surface area (Å²) in [5.41, 5.74) is 0.878. The van der Waals surface area contributed by atoms with Crippen LogP contribution in [0.15, 0.2) is 24.3 Å². The monoisotopic (exact) mass is 281 g/mol. The Morgan fingerprint density at radius 1 is 1.42 bits per heavy atom. The zero-order valence-electron chi connectivity index (χ0n) is 10.5. The van der Waals surface area contributed by atoms with Crippen molar-refractivity contribution in [1.29, 1.82) is 5.26 Å². The minimum atomic E-state index is -3.39. The first kappa shape index (κ1) is 15.1. The number of rotatable bonds is 6. The number of hydrogen-bond acceptors (Lipinski definition) is 4. The summed E-state index contributed by atoms with van der Waals surface area (Å²) in [6, 6.07) is 8.33. The van der Waals surface area contributed by atoms with E-state index in [-0.39, 0.29) is 12.3 Å². The van der Waals surface area contributed by atoms with E-state index >= 15 is 0 Å². The third-order valence-corrected chi connectivity index (χ3v) is 3.73. The van der Waals surface area contributed by atoms with Crippen molar-refractivity contribution in [1.82, 2.24) is 4.72 Å². The van der Waals surface area contributed by atoms with Gasteiger partial charge in [0.1, 0.15) is 0 Å². The lowest BCUT2D eigenvalue weighted by Crippen LogP contribution is -2.34. The molecule has 0 atom stereocenters. The Balaban J connectivity index is 2.54. The molecule has 0 bridgehead atoms. The fourth-order valence-corrected chi connectivity index (χ4v) is 2.42. The Hall–Kier alpha value is -1.91. The third kappa shape index (κ3) is 5.50. The fraction of sp³-hybridized carbons (Fsp3) is 0.333. The van der Waals surface area contributed by atoms with E-state index < -0.39 is 15.9 Å². The molecule has 102 valence electrons. The van der Waals surface area contributed by atoms with E-state index in [2.05, 4.69) is 10.0 Å². The summed E-state index contributed by atoms with van der Waals surface area (Å²) in [5, 5.41) is 11.2. The Kier molecular flexibility index (Phi) is 5.48. The first-order valence-corrected chi connectivity index (χ1v) is 7.39. The third-order valence-electron chi connectivity index (χ3n) is 2.20. The summed E-state index contributed by atoms with van der Waals surface area (Å²) in [6.45, 7) is 1.42. The van der Waals surface area contributed by atoms with Gasteiger partial charge in [-0.05, 0) is 24.6 Å². The average molecular weight is 281 g/mol. The highest BCUT2D eigenvalue weighted by atomic mass is 32.2. The van der Waals surface area contributed by atoms with Crippen LogP contribution in [0.1, 0.15) is 18.9 Å². The summed E-state index contributed by atoms with van der Waals surface area (Å²) in [4.78, 5) is 11.5. The highest BCUT2D eigenvalue weighted by Crippen LogP contribution is 2.09. The number of carbonyl (C=O) groups is 1. The van der Waals surface area contributed by atoms with Gasteiger partial charge in [-0.3, -0.25) is 4.79 Å². The van der Waals surface area contributed by atoms with E-state index in [9.17, 15) is 13.2 Å². The number of anilines is 1. The van der Waals surface area contributed by atoms with Crippen molar-refractivity contribution in [2.45, 2.75) is 13.3 Å². The molecule has 0 aliphatic rings. The molecule has 0 radical (unpaired) electrons. The number of sulfonamides is 1. The second kappa shape index (κ2) is 6.87. The molecular formula is C12H15N3O3S. The molecule has 0 saturated carbocycles. The molecule has 0 aliphatic heterocycles. The minimum absolute atomic E-state index is 0.00972. The van der Waals surface area contributed by atoms with E-state index in [1.165, 1.54) is 6.07 Å². The van der Waals surface area contributed by atoms with E-state index in [1.807, 2.05) is 6.07 Å². The second-order valence-corrected chi connectivity index (χ2v) is 5.81. The second-order valence-electron chi connectivity index (χ2n) is 3.88. The number of carbonyl (C=O) groups excluding carboxylic acids is 1. The summed E-state index contributed by atoms with van der Waals surface area (Å²) in [5.74, 6) is -0.487. The van der Waals surface area contributed by atoms with Crippen LogP contribution in [0.3, 0.4) is 0 Å². The van der Waals surface area contributed by atoms with Gasteiger partial charge in [0.05, 0.1) is 23.9 Å². The average Bonchev–Trinajstić information content (AvgIpc) is 2.37. The van der Waals surface area contributed by atoms with Gasteiger partial charge in [0.25, 0.3) is 0 Å². The topological polar surface area (TPSA) is 99.1 Å². The first-order chi connectivity index (χ1) is 8.96. The molecule has 7 heteroatoms. The van der Waals surface area contributed by atoms with Crippen LogP contribution in [0, 0.1) is 11.3 Å². The van der Waals surface area contributed by atoms with Crippen LogP contribution in [-0.2, 0) is 14.8 Å². The van der Waals surface area contributed by atoms with Crippen LogP contribution in [0.25, 0.3) is 0 Å². The van der Waals surface area contributed by atoms with Gasteiger partial charge < -0.3 is 5.32 Å². The predicted octanol–water partition coefficient (Wildman–Crippen LogP) is 0.826. The van der Waals surface area contributed by atoms with Crippen molar-refractivity contribution in [3.63, 3.8) is 0 Å². The molecule has 0 unspecified atom stereocenters. The van der Waals surface area contributed by atoms with Gasteiger partial charge in [0, 0.05) is 5.69 Å². The van der Waals surface area contributed by atoms with Gasteiger partial charge in [-0.25, -0.2) is 13.1 Å². The molecule has 0 saturated heterocycles. The molecule has 0 fully saturated rings. The van der Waals surface area contributed by atoms with Crippen molar-refractivity contribution in [2.24, 2.45) is 0 Å². The number of benzene rings is 1. The zero-order chi connectivity index (χ0) is 14.3. The summed E-state index contributed by atoms with van der Waals surface area (Å²) >= 11 is 0. The number of hydrogen-bond donors (Lipinski definition) is 2. The molecule has 1 aromatic rings. The lowest BCUT2D eigenvalue weighted by Gasteiger charge is -2.07. The van der Waals surface area contributed by atoms with E-state index in [0.29, 0.717) is 17.7 Å². The maximum Gasteiger partial charge on any atom is 0.239 e. The number of nitrogens with one attached hydrogen (secondary N) is 2. The highest BCUT2D eigenvalue weighted by molar-refractivity contribution is 7.89. The van der Waals surface area contributed by atoms with Gasteiger partial charge in [-0.2, -0.15) is 5.26 Å². The number of nitrogens with zero attached hydrogens (tertiary/aromatic N) is 1. The van der Waals surface area contributed by atoms with Gasteiger partial charge in [-0.1, -0.05) is 13.0 Å². The fourth-order valence-electron chi connectivity index (χ4n) is 1.39. The Morgan fingerprint density at radius 2 is 2.16 bits per heavy atom. The van der Waals surface area contributed by atoms with Crippen LogP contribution in [0.2, 0.25) is 0 Å². The van der Waals surface area contributed by atoms with Crippen LogP contribution >= 0.6 is 0 Å². The summed E-state index contributed by atoms with van der Waals surface area (Å²) in [7, 11) is -3.39. The van der Waals surface area contributed by atoms with Crippen molar-refractivity contribution < 1.29 is 13.2 Å². The SMILES string of the molecule is CCCS(=O)(=O)NCC(=O)Nc1cccc(C#N)c1. The normalized spacial score (nSPS) is 10.7. The lowest BCUT2D eigenvalue weighted by molar-refractivity contribution is -0.115. The Bertz CT molecular complexity index is 590. The lowest BCUT2D eigenvalue weighted by atomic mass is 10.2.